The van der Waals surface area contributed by atoms with E-state index in [1.165, 1.54) is 0 Å². The van der Waals surface area contributed by atoms with Crippen molar-refractivity contribution in [1.29, 1.82) is 0 Å². The Balaban J connectivity index is 1.28. The smallest absolute Gasteiger partial charge is 0.226 e. The first-order chi connectivity index (χ1) is 14.7. The topological polar surface area (TPSA) is 49.9 Å². The molecular weight excluding hydrogens is 376 g/mol. The van der Waals surface area contributed by atoms with Crippen molar-refractivity contribution in [2.75, 3.05) is 37.7 Å². The van der Waals surface area contributed by atoms with E-state index >= 15 is 0 Å². The number of hydrogen-bond acceptors (Lipinski definition) is 4. The molecule has 0 aliphatic carbocycles. The first-order valence-electron chi connectivity index (χ1n) is 10.3. The Bertz CT molecular complexity index is 1050. The molecule has 0 bridgehead atoms. The molecule has 1 aliphatic heterocycles. The summed E-state index contributed by atoms with van der Waals surface area (Å²) < 4.78 is 5.92. The van der Waals surface area contributed by atoms with Crippen LogP contribution in [0.1, 0.15) is 22.3 Å². The number of anilines is 1. The Hall–Kier alpha value is -3.34. The highest BCUT2D eigenvalue weighted by Gasteiger charge is 2.21. The summed E-state index contributed by atoms with van der Waals surface area (Å²) in [5, 5.41) is 2.20. The van der Waals surface area contributed by atoms with Gasteiger partial charge in [0, 0.05) is 42.8 Å². The van der Waals surface area contributed by atoms with Gasteiger partial charge in [0.05, 0.1) is 13.0 Å². The Labute approximate surface area is 176 Å². The van der Waals surface area contributed by atoms with Crippen LogP contribution in [0.3, 0.4) is 0 Å². The SMILES string of the molecule is Cc1cc(N2CCN(C(=O)CCOc3cccc4ccccc34)CC2)ccc1C=O. The van der Waals surface area contributed by atoms with Crippen molar-refractivity contribution < 1.29 is 14.3 Å². The van der Waals surface area contributed by atoms with Crippen LogP contribution in [-0.2, 0) is 4.79 Å². The molecule has 0 saturated carbocycles. The van der Waals surface area contributed by atoms with Crippen LogP contribution in [-0.4, -0.2) is 49.9 Å². The minimum Gasteiger partial charge on any atom is -0.492 e. The molecule has 0 atom stereocenters. The molecule has 1 fully saturated rings. The number of hydrogen-bond donors (Lipinski definition) is 0. The summed E-state index contributed by atoms with van der Waals surface area (Å²) in [6, 6.07) is 20.0. The predicted octanol–water partition coefficient (Wildman–Crippen LogP) is 4.08. The third kappa shape index (κ3) is 4.30. The van der Waals surface area contributed by atoms with Gasteiger partial charge in [-0.15, -0.1) is 0 Å². The summed E-state index contributed by atoms with van der Waals surface area (Å²) in [5.74, 6) is 0.947. The van der Waals surface area contributed by atoms with Gasteiger partial charge in [-0.1, -0.05) is 36.4 Å². The number of aryl methyl sites for hydroxylation is 1. The average Bonchev–Trinajstić information content (AvgIpc) is 2.79. The van der Waals surface area contributed by atoms with E-state index in [1.54, 1.807) is 0 Å². The van der Waals surface area contributed by atoms with Crippen LogP contribution in [0.25, 0.3) is 10.8 Å². The van der Waals surface area contributed by atoms with E-state index in [-0.39, 0.29) is 5.91 Å². The van der Waals surface area contributed by atoms with Gasteiger partial charge in [0.15, 0.2) is 0 Å². The van der Waals surface area contributed by atoms with E-state index < -0.39 is 0 Å². The lowest BCUT2D eigenvalue weighted by Crippen LogP contribution is -2.49. The van der Waals surface area contributed by atoms with E-state index in [0.29, 0.717) is 26.1 Å². The minimum absolute atomic E-state index is 0.127. The number of rotatable bonds is 6. The first kappa shape index (κ1) is 20.0. The predicted molar refractivity (Wildman–Crippen MR) is 119 cm³/mol. The molecule has 0 spiro atoms. The molecule has 3 aromatic rings. The number of nitrogens with zero attached hydrogens (tertiary/aromatic N) is 2. The fraction of sp³-hybridized carbons (Fsp3) is 0.280. The highest BCUT2D eigenvalue weighted by molar-refractivity contribution is 5.88. The maximum atomic E-state index is 12.6. The molecule has 5 heteroatoms. The molecule has 1 aliphatic rings. The van der Waals surface area contributed by atoms with E-state index in [1.807, 2.05) is 60.4 Å². The van der Waals surface area contributed by atoms with E-state index in [4.69, 9.17) is 4.74 Å². The average molecular weight is 402 g/mol. The molecule has 30 heavy (non-hydrogen) atoms. The number of aldehydes is 1. The standard InChI is InChI=1S/C25H26N2O3/c1-19-17-22(10-9-21(19)18-28)26-12-14-27(15-13-26)25(29)11-16-30-24-8-4-6-20-5-2-3-7-23(20)24/h2-10,17-18H,11-16H2,1H3. The second-order valence-electron chi connectivity index (χ2n) is 7.60. The zero-order chi connectivity index (χ0) is 20.9. The van der Waals surface area contributed by atoms with Crippen molar-refractivity contribution in [1.82, 2.24) is 4.90 Å². The summed E-state index contributed by atoms with van der Waals surface area (Å²) in [6.45, 7) is 5.29. The molecule has 1 saturated heterocycles. The summed E-state index contributed by atoms with van der Waals surface area (Å²) >= 11 is 0. The quantitative estimate of drug-likeness (QED) is 0.583. The molecule has 5 nitrogen and oxygen atoms in total. The first-order valence-corrected chi connectivity index (χ1v) is 10.3. The van der Waals surface area contributed by atoms with Gasteiger partial charge in [-0.3, -0.25) is 9.59 Å². The number of carbonyl (C=O) groups is 2. The van der Waals surface area contributed by atoms with Crippen LogP contribution < -0.4 is 9.64 Å². The van der Waals surface area contributed by atoms with Crippen molar-refractivity contribution in [2.45, 2.75) is 13.3 Å². The van der Waals surface area contributed by atoms with E-state index in [9.17, 15) is 9.59 Å². The van der Waals surface area contributed by atoms with Crippen molar-refractivity contribution in [2.24, 2.45) is 0 Å². The molecular formula is C25H26N2O3. The lowest BCUT2D eigenvalue weighted by molar-refractivity contribution is -0.132. The number of carbonyl (C=O) groups excluding carboxylic acids is 2. The molecule has 0 radical (unpaired) electrons. The molecule has 3 aromatic carbocycles. The second-order valence-corrected chi connectivity index (χ2v) is 7.60. The molecule has 4 rings (SSSR count). The Morgan fingerprint density at radius 2 is 1.77 bits per heavy atom. The third-order valence-electron chi connectivity index (χ3n) is 5.70. The van der Waals surface area contributed by atoms with Crippen LogP contribution in [0.4, 0.5) is 5.69 Å². The lowest BCUT2D eigenvalue weighted by Gasteiger charge is -2.36. The van der Waals surface area contributed by atoms with Crippen LogP contribution >= 0.6 is 0 Å². The van der Waals surface area contributed by atoms with Gasteiger partial charge < -0.3 is 14.5 Å². The van der Waals surface area contributed by atoms with Gasteiger partial charge in [0.25, 0.3) is 0 Å². The highest BCUT2D eigenvalue weighted by Crippen LogP contribution is 2.25. The zero-order valence-electron chi connectivity index (χ0n) is 17.2. The number of benzene rings is 3. The fourth-order valence-electron chi connectivity index (χ4n) is 3.93. The van der Waals surface area contributed by atoms with Gasteiger partial charge >= 0.3 is 0 Å². The molecule has 1 amide bonds. The fourth-order valence-corrected chi connectivity index (χ4v) is 3.93. The van der Waals surface area contributed by atoms with Gasteiger partial charge in [0.2, 0.25) is 5.91 Å². The normalized spacial score (nSPS) is 14.0. The zero-order valence-corrected chi connectivity index (χ0v) is 17.2. The van der Waals surface area contributed by atoms with Crippen LogP contribution in [0.2, 0.25) is 0 Å². The van der Waals surface area contributed by atoms with Gasteiger partial charge in [-0.05, 0) is 42.1 Å². The third-order valence-corrected chi connectivity index (χ3v) is 5.70. The van der Waals surface area contributed by atoms with Gasteiger partial charge in [0.1, 0.15) is 12.0 Å². The van der Waals surface area contributed by atoms with Gasteiger partial charge in [-0.25, -0.2) is 0 Å². The van der Waals surface area contributed by atoms with Crippen molar-refractivity contribution in [3.63, 3.8) is 0 Å². The maximum absolute atomic E-state index is 12.6. The second kappa shape index (κ2) is 8.99. The van der Waals surface area contributed by atoms with E-state index in [2.05, 4.69) is 17.0 Å². The van der Waals surface area contributed by atoms with Crippen LogP contribution in [0.5, 0.6) is 5.75 Å². The molecule has 154 valence electrons. The molecule has 0 unspecified atom stereocenters. The lowest BCUT2D eigenvalue weighted by atomic mass is 10.1. The van der Waals surface area contributed by atoms with Crippen LogP contribution in [0, 0.1) is 6.92 Å². The summed E-state index contributed by atoms with van der Waals surface area (Å²) in [4.78, 5) is 27.8. The highest BCUT2D eigenvalue weighted by atomic mass is 16.5. The van der Waals surface area contributed by atoms with Crippen molar-refractivity contribution in [3.05, 3.63) is 71.8 Å². The number of ether oxygens (including phenoxy) is 1. The number of amides is 1. The largest absolute Gasteiger partial charge is 0.492 e. The Morgan fingerprint density at radius 1 is 1.00 bits per heavy atom. The van der Waals surface area contributed by atoms with E-state index in [0.717, 1.165) is 52.7 Å². The number of fused-ring (bicyclic) bond motifs is 1. The minimum atomic E-state index is 0.127. The van der Waals surface area contributed by atoms with Gasteiger partial charge in [-0.2, -0.15) is 0 Å². The molecule has 1 heterocycles. The molecule has 0 N–H and O–H groups in total. The Kier molecular flexibility index (Phi) is 5.98. The maximum Gasteiger partial charge on any atom is 0.226 e. The Morgan fingerprint density at radius 3 is 2.53 bits per heavy atom. The number of piperazine rings is 1. The van der Waals surface area contributed by atoms with Crippen molar-refractivity contribution >= 4 is 28.7 Å². The van der Waals surface area contributed by atoms with Crippen LogP contribution in [0.15, 0.2) is 60.7 Å². The van der Waals surface area contributed by atoms with Crippen molar-refractivity contribution in [3.8, 4) is 5.75 Å². The summed E-state index contributed by atoms with van der Waals surface area (Å²) in [6.07, 6.45) is 1.26. The molecule has 0 aromatic heterocycles. The monoisotopic (exact) mass is 402 g/mol. The summed E-state index contributed by atoms with van der Waals surface area (Å²) in [7, 11) is 0. The summed E-state index contributed by atoms with van der Waals surface area (Å²) in [5.41, 5.74) is 2.80.